The molecule has 2 heterocycles. The lowest BCUT2D eigenvalue weighted by molar-refractivity contribution is 0.331. The van der Waals surface area contributed by atoms with E-state index in [2.05, 4.69) is 78.6 Å². The highest BCUT2D eigenvalue weighted by Gasteiger charge is 2.11. The van der Waals surface area contributed by atoms with Gasteiger partial charge in [-0.1, -0.05) is 48.5 Å². The molecular formula is C25H33IN6. The molecule has 0 amide bonds. The van der Waals surface area contributed by atoms with E-state index in [1.807, 2.05) is 19.6 Å². The Bertz CT molecular complexity index is 945. The summed E-state index contributed by atoms with van der Waals surface area (Å²) >= 11 is 0. The van der Waals surface area contributed by atoms with Gasteiger partial charge in [-0.2, -0.15) is 0 Å². The maximum Gasteiger partial charge on any atom is 0.191 e. The van der Waals surface area contributed by atoms with Crippen molar-refractivity contribution in [3.05, 3.63) is 89.5 Å². The van der Waals surface area contributed by atoms with E-state index in [0.29, 0.717) is 0 Å². The Morgan fingerprint density at radius 3 is 1.88 bits per heavy atom. The molecule has 0 atom stereocenters. The van der Waals surface area contributed by atoms with Gasteiger partial charge in [0.15, 0.2) is 5.96 Å². The summed E-state index contributed by atoms with van der Waals surface area (Å²) in [6.07, 6.45) is 8.30. The van der Waals surface area contributed by atoms with E-state index in [1.165, 1.54) is 48.2 Å². The summed E-state index contributed by atoms with van der Waals surface area (Å²) < 4.78 is 2.07. The molecule has 0 spiro atoms. The second kappa shape index (κ2) is 12.6. The van der Waals surface area contributed by atoms with Gasteiger partial charge in [0.05, 0.1) is 6.33 Å². The van der Waals surface area contributed by atoms with Crippen molar-refractivity contribution in [3.8, 4) is 0 Å². The van der Waals surface area contributed by atoms with Gasteiger partial charge in [0, 0.05) is 45.6 Å². The van der Waals surface area contributed by atoms with E-state index in [1.54, 1.807) is 6.20 Å². The second-order valence-corrected chi connectivity index (χ2v) is 8.13. The standard InChI is InChI=1S/C25H32N6.HI/c1-26-25(28-16-21-4-8-23(9-5-21)18-30-13-2-3-14-30)29-17-22-6-10-24(11-7-22)19-31-15-12-27-20-31;/h4-12,15,20H,2-3,13-14,16-19H2,1H3,(H2,26,28,29);1H. The van der Waals surface area contributed by atoms with Gasteiger partial charge in [-0.25, -0.2) is 4.98 Å². The molecule has 1 aliphatic rings. The van der Waals surface area contributed by atoms with E-state index >= 15 is 0 Å². The maximum atomic E-state index is 4.35. The fourth-order valence-corrected chi connectivity index (χ4v) is 3.91. The van der Waals surface area contributed by atoms with E-state index < -0.39 is 0 Å². The molecule has 2 N–H and O–H groups in total. The zero-order chi connectivity index (χ0) is 21.3. The smallest absolute Gasteiger partial charge is 0.191 e. The number of nitrogens with zero attached hydrogens (tertiary/aromatic N) is 4. The Balaban J connectivity index is 0.00000289. The minimum Gasteiger partial charge on any atom is -0.352 e. The van der Waals surface area contributed by atoms with Crippen LogP contribution < -0.4 is 10.6 Å². The summed E-state index contributed by atoms with van der Waals surface area (Å²) in [5, 5.41) is 6.81. The summed E-state index contributed by atoms with van der Waals surface area (Å²) in [4.78, 5) is 11.0. The van der Waals surface area contributed by atoms with Crippen LogP contribution in [-0.4, -0.2) is 40.5 Å². The molecule has 32 heavy (non-hydrogen) atoms. The van der Waals surface area contributed by atoms with Crippen molar-refractivity contribution >= 4 is 29.9 Å². The number of halogens is 1. The van der Waals surface area contributed by atoms with Gasteiger partial charge < -0.3 is 15.2 Å². The lowest BCUT2D eigenvalue weighted by atomic mass is 10.1. The van der Waals surface area contributed by atoms with Gasteiger partial charge in [-0.05, 0) is 48.2 Å². The molecule has 2 aromatic carbocycles. The fraction of sp³-hybridized carbons (Fsp3) is 0.360. The zero-order valence-electron chi connectivity index (χ0n) is 18.7. The number of aromatic nitrogens is 2. The molecule has 1 saturated heterocycles. The van der Waals surface area contributed by atoms with Gasteiger partial charge in [-0.15, -0.1) is 24.0 Å². The summed E-state index contributed by atoms with van der Waals surface area (Å²) in [5.74, 6) is 0.809. The van der Waals surface area contributed by atoms with Crippen molar-refractivity contribution in [2.75, 3.05) is 20.1 Å². The molecule has 3 aromatic rings. The number of hydrogen-bond donors (Lipinski definition) is 2. The summed E-state index contributed by atoms with van der Waals surface area (Å²) in [5.41, 5.74) is 5.14. The highest BCUT2D eigenvalue weighted by atomic mass is 127. The third-order valence-electron chi connectivity index (χ3n) is 5.72. The average Bonchev–Trinajstić information content (AvgIpc) is 3.50. The largest absolute Gasteiger partial charge is 0.352 e. The SMILES string of the molecule is CN=C(NCc1ccc(CN2CCCC2)cc1)NCc1ccc(Cn2ccnc2)cc1.I. The van der Waals surface area contributed by atoms with Crippen molar-refractivity contribution in [1.82, 2.24) is 25.1 Å². The van der Waals surface area contributed by atoms with Crippen LogP contribution >= 0.6 is 24.0 Å². The number of hydrogen-bond acceptors (Lipinski definition) is 3. The molecule has 4 rings (SSSR count). The molecular weight excluding hydrogens is 511 g/mol. The Morgan fingerprint density at radius 1 is 0.844 bits per heavy atom. The predicted molar refractivity (Wildman–Crippen MR) is 141 cm³/mol. The molecule has 7 heteroatoms. The number of likely N-dealkylation sites (tertiary alicyclic amines) is 1. The normalized spacial score (nSPS) is 14.2. The van der Waals surface area contributed by atoms with E-state index in [0.717, 1.165) is 32.1 Å². The number of imidazole rings is 1. The van der Waals surface area contributed by atoms with Crippen molar-refractivity contribution < 1.29 is 0 Å². The van der Waals surface area contributed by atoms with Crippen molar-refractivity contribution in [2.45, 2.75) is 39.0 Å². The monoisotopic (exact) mass is 544 g/mol. The molecule has 0 aliphatic carbocycles. The van der Waals surface area contributed by atoms with Crippen LogP contribution in [0.3, 0.4) is 0 Å². The molecule has 1 aromatic heterocycles. The van der Waals surface area contributed by atoms with Crippen LogP contribution in [-0.2, 0) is 26.2 Å². The maximum absolute atomic E-state index is 4.35. The molecule has 0 bridgehead atoms. The summed E-state index contributed by atoms with van der Waals surface area (Å²) in [6.45, 7) is 5.87. The molecule has 0 unspecified atom stereocenters. The van der Waals surface area contributed by atoms with Crippen LogP contribution in [0.2, 0.25) is 0 Å². The van der Waals surface area contributed by atoms with Gasteiger partial charge >= 0.3 is 0 Å². The van der Waals surface area contributed by atoms with Crippen LogP contribution in [0, 0.1) is 0 Å². The zero-order valence-corrected chi connectivity index (χ0v) is 21.0. The average molecular weight is 544 g/mol. The van der Waals surface area contributed by atoms with Crippen LogP contribution in [0.5, 0.6) is 0 Å². The van der Waals surface area contributed by atoms with Crippen LogP contribution in [0.15, 0.2) is 72.2 Å². The van der Waals surface area contributed by atoms with Crippen molar-refractivity contribution in [3.63, 3.8) is 0 Å². The minimum atomic E-state index is 0. The highest BCUT2D eigenvalue weighted by Crippen LogP contribution is 2.13. The third-order valence-corrected chi connectivity index (χ3v) is 5.72. The number of nitrogens with one attached hydrogen (secondary N) is 2. The van der Waals surface area contributed by atoms with Crippen molar-refractivity contribution in [1.29, 1.82) is 0 Å². The molecule has 6 nitrogen and oxygen atoms in total. The van der Waals surface area contributed by atoms with E-state index in [4.69, 9.17) is 0 Å². The summed E-state index contributed by atoms with van der Waals surface area (Å²) in [6, 6.07) is 17.6. The lowest BCUT2D eigenvalue weighted by Crippen LogP contribution is -2.36. The Labute approximate surface area is 208 Å². The number of benzene rings is 2. The lowest BCUT2D eigenvalue weighted by Gasteiger charge is -2.15. The topological polar surface area (TPSA) is 57.5 Å². The first kappa shape index (κ1) is 24.3. The fourth-order valence-electron chi connectivity index (χ4n) is 3.91. The van der Waals surface area contributed by atoms with Crippen LogP contribution in [0.1, 0.15) is 35.1 Å². The predicted octanol–water partition coefficient (Wildman–Crippen LogP) is 4.01. The molecule has 170 valence electrons. The van der Waals surface area contributed by atoms with Crippen molar-refractivity contribution in [2.24, 2.45) is 4.99 Å². The number of aliphatic imine (C=N–C) groups is 1. The molecule has 1 aliphatic heterocycles. The van der Waals surface area contributed by atoms with E-state index in [-0.39, 0.29) is 24.0 Å². The molecule has 0 saturated carbocycles. The number of guanidine groups is 1. The van der Waals surface area contributed by atoms with Crippen LogP contribution in [0.4, 0.5) is 0 Å². The third kappa shape index (κ3) is 7.34. The van der Waals surface area contributed by atoms with Crippen LogP contribution in [0.25, 0.3) is 0 Å². The Hall–Kier alpha value is -2.39. The first-order valence-electron chi connectivity index (χ1n) is 11.1. The first-order valence-corrected chi connectivity index (χ1v) is 11.1. The van der Waals surface area contributed by atoms with Gasteiger partial charge in [0.25, 0.3) is 0 Å². The Kier molecular flexibility index (Phi) is 9.55. The minimum absolute atomic E-state index is 0. The highest BCUT2D eigenvalue weighted by molar-refractivity contribution is 14.0. The first-order chi connectivity index (χ1) is 15.3. The van der Waals surface area contributed by atoms with Gasteiger partial charge in [0.2, 0.25) is 0 Å². The quantitative estimate of drug-likeness (QED) is 0.256. The van der Waals surface area contributed by atoms with E-state index in [9.17, 15) is 0 Å². The van der Waals surface area contributed by atoms with Gasteiger partial charge in [0.1, 0.15) is 0 Å². The summed E-state index contributed by atoms with van der Waals surface area (Å²) in [7, 11) is 1.81. The number of rotatable bonds is 8. The molecule has 0 radical (unpaired) electrons. The second-order valence-electron chi connectivity index (χ2n) is 8.13. The molecule has 1 fully saturated rings. The Morgan fingerprint density at radius 2 is 1.38 bits per heavy atom. The van der Waals surface area contributed by atoms with Gasteiger partial charge in [-0.3, -0.25) is 9.89 Å².